The summed E-state index contributed by atoms with van der Waals surface area (Å²) < 4.78 is 5.14. The maximum Gasteiger partial charge on any atom is 0.166 e. The van der Waals surface area contributed by atoms with Crippen LogP contribution in [0.3, 0.4) is 0 Å². The highest BCUT2D eigenvalue weighted by molar-refractivity contribution is 7.80. The van der Waals surface area contributed by atoms with Crippen LogP contribution in [-0.4, -0.2) is 18.8 Å². The fourth-order valence-electron chi connectivity index (χ4n) is 2.13. The van der Waals surface area contributed by atoms with E-state index in [0.717, 1.165) is 12.3 Å². The first-order chi connectivity index (χ1) is 10.7. The van der Waals surface area contributed by atoms with E-state index in [9.17, 15) is 0 Å². The summed E-state index contributed by atoms with van der Waals surface area (Å²) in [7, 11) is 1.67. The summed E-state index contributed by atoms with van der Waals surface area (Å²) in [5.41, 5.74) is 2.48. The van der Waals surface area contributed by atoms with Crippen LogP contribution in [0, 0.1) is 0 Å². The molecule has 0 aliphatic carbocycles. The minimum absolute atomic E-state index is 0.418. The third-order valence-electron chi connectivity index (χ3n) is 3.55. The van der Waals surface area contributed by atoms with Crippen molar-refractivity contribution in [2.45, 2.75) is 19.4 Å². The second-order valence-electron chi connectivity index (χ2n) is 5.22. The molecule has 3 nitrogen and oxygen atoms in total. The van der Waals surface area contributed by atoms with Crippen LogP contribution in [-0.2, 0) is 6.54 Å². The van der Waals surface area contributed by atoms with E-state index in [1.54, 1.807) is 7.11 Å². The Hall–Kier alpha value is -2.07. The quantitative estimate of drug-likeness (QED) is 0.800. The Labute approximate surface area is 137 Å². The van der Waals surface area contributed by atoms with Gasteiger partial charge < -0.3 is 15.4 Å². The van der Waals surface area contributed by atoms with Gasteiger partial charge >= 0.3 is 0 Å². The molecule has 0 saturated heterocycles. The van der Waals surface area contributed by atoms with Gasteiger partial charge in [-0.2, -0.15) is 0 Å². The summed E-state index contributed by atoms with van der Waals surface area (Å²) in [6.45, 7) is 3.71. The van der Waals surface area contributed by atoms with Crippen LogP contribution in [0.1, 0.15) is 24.0 Å². The second-order valence-corrected chi connectivity index (χ2v) is 5.63. The summed E-state index contributed by atoms with van der Waals surface area (Å²) in [6.07, 6.45) is 0. The van der Waals surface area contributed by atoms with Crippen LogP contribution in [0.2, 0.25) is 0 Å². The molecular weight excluding hydrogens is 292 g/mol. The van der Waals surface area contributed by atoms with Crippen LogP contribution in [0.5, 0.6) is 5.75 Å². The van der Waals surface area contributed by atoms with Crippen molar-refractivity contribution in [1.82, 2.24) is 10.6 Å². The minimum Gasteiger partial charge on any atom is -0.497 e. The molecular formula is C18H22N2OS. The predicted molar refractivity (Wildman–Crippen MR) is 95.3 cm³/mol. The van der Waals surface area contributed by atoms with Crippen molar-refractivity contribution in [1.29, 1.82) is 0 Å². The molecule has 2 N–H and O–H groups in total. The van der Waals surface area contributed by atoms with E-state index < -0.39 is 0 Å². The van der Waals surface area contributed by atoms with Crippen molar-refractivity contribution in [2.24, 2.45) is 0 Å². The van der Waals surface area contributed by atoms with E-state index in [2.05, 4.69) is 41.8 Å². The van der Waals surface area contributed by atoms with Gasteiger partial charge in [-0.15, -0.1) is 0 Å². The lowest BCUT2D eigenvalue weighted by molar-refractivity contribution is 0.414. The monoisotopic (exact) mass is 314 g/mol. The van der Waals surface area contributed by atoms with Crippen LogP contribution in [0.4, 0.5) is 0 Å². The van der Waals surface area contributed by atoms with Crippen molar-refractivity contribution in [3.05, 3.63) is 65.7 Å². The fraction of sp³-hybridized carbons (Fsp3) is 0.278. The Morgan fingerprint density at radius 1 is 1.05 bits per heavy atom. The lowest BCUT2D eigenvalue weighted by Gasteiger charge is -2.15. The largest absolute Gasteiger partial charge is 0.497 e. The Bertz CT molecular complexity index is 584. The average molecular weight is 314 g/mol. The third-order valence-corrected chi connectivity index (χ3v) is 3.84. The minimum atomic E-state index is 0.418. The number of methoxy groups -OCH3 is 1. The highest BCUT2D eigenvalue weighted by Crippen LogP contribution is 2.13. The summed E-state index contributed by atoms with van der Waals surface area (Å²) in [5.74, 6) is 1.28. The smallest absolute Gasteiger partial charge is 0.166 e. The van der Waals surface area contributed by atoms with Crippen molar-refractivity contribution in [3.8, 4) is 5.75 Å². The molecule has 22 heavy (non-hydrogen) atoms. The van der Waals surface area contributed by atoms with E-state index in [1.165, 1.54) is 11.1 Å². The molecule has 0 saturated carbocycles. The summed E-state index contributed by atoms with van der Waals surface area (Å²) in [5, 5.41) is 7.17. The molecule has 0 aromatic heterocycles. The molecule has 0 heterocycles. The molecule has 0 unspecified atom stereocenters. The van der Waals surface area contributed by atoms with Crippen molar-refractivity contribution < 1.29 is 4.74 Å². The maximum atomic E-state index is 5.32. The molecule has 2 aromatic carbocycles. The highest BCUT2D eigenvalue weighted by Gasteiger charge is 2.05. The van der Waals surface area contributed by atoms with Gasteiger partial charge in [-0.1, -0.05) is 49.4 Å². The number of thiocarbonyl (C=S) groups is 1. The SMILES string of the molecule is COc1ccc(CNC(=S)NC[C@H](C)c2ccccc2)cc1. The van der Waals surface area contributed by atoms with Crippen LogP contribution in [0.25, 0.3) is 0 Å². The van der Waals surface area contributed by atoms with Gasteiger partial charge in [0.15, 0.2) is 5.11 Å². The van der Waals surface area contributed by atoms with Crippen LogP contribution < -0.4 is 15.4 Å². The van der Waals surface area contributed by atoms with Gasteiger partial charge in [-0.3, -0.25) is 0 Å². The predicted octanol–water partition coefficient (Wildman–Crippen LogP) is 3.46. The van der Waals surface area contributed by atoms with E-state index in [4.69, 9.17) is 17.0 Å². The highest BCUT2D eigenvalue weighted by atomic mass is 32.1. The Morgan fingerprint density at radius 3 is 2.36 bits per heavy atom. The van der Waals surface area contributed by atoms with Crippen molar-refractivity contribution in [2.75, 3.05) is 13.7 Å². The lowest BCUT2D eigenvalue weighted by atomic mass is 10.0. The van der Waals surface area contributed by atoms with Crippen LogP contribution >= 0.6 is 12.2 Å². The van der Waals surface area contributed by atoms with Gasteiger partial charge in [-0.05, 0) is 41.4 Å². The first kappa shape index (κ1) is 16.3. The zero-order chi connectivity index (χ0) is 15.8. The van der Waals surface area contributed by atoms with Gasteiger partial charge in [0, 0.05) is 13.1 Å². The molecule has 0 fully saturated rings. The maximum absolute atomic E-state index is 5.32. The van der Waals surface area contributed by atoms with E-state index in [0.29, 0.717) is 17.6 Å². The first-order valence-corrected chi connectivity index (χ1v) is 7.79. The molecule has 0 bridgehead atoms. The Kier molecular flexibility index (Phi) is 6.22. The molecule has 1 atom stereocenters. The lowest BCUT2D eigenvalue weighted by Crippen LogP contribution is -2.36. The zero-order valence-corrected chi connectivity index (χ0v) is 13.8. The first-order valence-electron chi connectivity index (χ1n) is 7.38. The summed E-state index contributed by atoms with van der Waals surface area (Å²) in [4.78, 5) is 0. The van der Waals surface area contributed by atoms with E-state index in [1.807, 2.05) is 30.3 Å². The molecule has 0 aliphatic rings. The van der Waals surface area contributed by atoms with E-state index in [-0.39, 0.29) is 0 Å². The van der Waals surface area contributed by atoms with Crippen LogP contribution in [0.15, 0.2) is 54.6 Å². The molecule has 2 aromatic rings. The summed E-state index contributed by atoms with van der Waals surface area (Å²) in [6, 6.07) is 18.4. The van der Waals surface area contributed by atoms with Crippen molar-refractivity contribution in [3.63, 3.8) is 0 Å². The fourth-order valence-corrected chi connectivity index (χ4v) is 2.29. The number of benzene rings is 2. The normalized spacial score (nSPS) is 11.5. The molecule has 4 heteroatoms. The average Bonchev–Trinajstić information content (AvgIpc) is 2.59. The van der Waals surface area contributed by atoms with E-state index >= 15 is 0 Å². The Morgan fingerprint density at radius 2 is 1.73 bits per heavy atom. The molecule has 0 aliphatic heterocycles. The Balaban J connectivity index is 1.73. The zero-order valence-electron chi connectivity index (χ0n) is 13.0. The number of nitrogens with one attached hydrogen (secondary N) is 2. The van der Waals surface area contributed by atoms with Gasteiger partial charge in [0.1, 0.15) is 5.75 Å². The standard InChI is InChI=1S/C18H22N2OS/c1-14(16-6-4-3-5-7-16)12-19-18(22)20-13-15-8-10-17(21-2)11-9-15/h3-11,14H,12-13H2,1-2H3,(H2,19,20,22)/t14-/m0/s1. The molecule has 2 rings (SSSR count). The number of hydrogen-bond acceptors (Lipinski definition) is 2. The third kappa shape index (κ3) is 5.04. The van der Waals surface area contributed by atoms with Gasteiger partial charge in [0.05, 0.1) is 7.11 Å². The number of ether oxygens (including phenoxy) is 1. The molecule has 0 amide bonds. The summed E-state index contributed by atoms with van der Waals surface area (Å²) >= 11 is 5.32. The van der Waals surface area contributed by atoms with Gasteiger partial charge in [-0.25, -0.2) is 0 Å². The number of rotatable bonds is 6. The van der Waals surface area contributed by atoms with Crippen molar-refractivity contribution >= 4 is 17.3 Å². The van der Waals surface area contributed by atoms with Gasteiger partial charge in [0.2, 0.25) is 0 Å². The second kappa shape index (κ2) is 8.39. The topological polar surface area (TPSA) is 33.3 Å². The van der Waals surface area contributed by atoms with Gasteiger partial charge in [0.25, 0.3) is 0 Å². The number of hydrogen-bond donors (Lipinski definition) is 2. The molecule has 0 spiro atoms. The molecule has 116 valence electrons. The molecule has 0 radical (unpaired) electrons.